The van der Waals surface area contributed by atoms with E-state index in [0.717, 1.165) is 5.69 Å². The highest BCUT2D eigenvalue weighted by atomic mass is 16.2. The number of carbonyl (C=O) groups is 2. The quantitative estimate of drug-likeness (QED) is 0.811. The summed E-state index contributed by atoms with van der Waals surface area (Å²) in [6.07, 6.45) is 0. The fourth-order valence-electron chi connectivity index (χ4n) is 2.19. The van der Waals surface area contributed by atoms with Crippen molar-refractivity contribution in [2.24, 2.45) is 5.92 Å². The van der Waals surface area contributed by atoms with Gasteiger partial charge in [-0.25, -0.2) is 0 Å². The third-order valence-electron chi connectivity index (χ3n) is 3.33. The zero-order valence-corrected chi connectivity index (χ0v) is 10.8. The second kappa shape index (κ2) is 5.21. The molecule has 1 aromatic carbocycles. The fraction of sp³-hybridized carbons (Fsp3) is 0.429. The van der Waals surface area contributed by atoms with Gasteiger partial charge in [-0.1, -0.05) is 18.2 Å². The Morgan fingerprint density at radius 2 is 1.89 bits per heavy atom. The van der Waals surface area contributed by atoms with E-state index in [-0.39, 0.29) is 17.7 Å². The minimum Gasteiger partial charge on any atom is -0.341 e. The lowest BCUT2D eigenvalue weighted by Crippen LogP contribution is -2.56. The topological polar surface area (TPSA) is 40.6 Å². The summed E-state index contributed by atoms with van der Waals surface area (Å²) in [6, 6.07) is 9.65. The molecule has 0 spiro atoms. The summed E-state index contributed by atoms with van der Waals surface area (Å²) < 4.78 is 0. The monoisotopic (exact) mass is 246 g/mol. The number of hydrogen-bond acceptors (Lipinski definition) is 2. The number of amides is 2. The molecule has 0 N–H and O–H groups in total. The molecule has 4 nitrogen and oxygen atoms in total. The molecule has 0 saturated carbocycles. The molecule has 2 amide bonds. The van der Waals surface area contributed by atoms with Crippen molar-refractivity contribution in [3.8, 4) is 0 Å². The maximum atomic E-state index is 12.3. The Labute approximate surface area is 107 Å². The highest BCUT2D eigenvalue weighted by Crippen LogP contribution is 2.22. The maximum absolute atomic E-state index is 12.3. The van der Waals surface area contributed by atoms with Gasteiger partial charge in [0.15, 0.2) is 0 Å². The summed E-state index contributed by atoms with van der Waals surface area (Å²) in [5, 5.41) is 0. The van der Waals surface area contributed by atoms with Gasteiger partial charge in [0.2, 0.25) is 11.8 Å². The third-order valence-corrected chi connectivity index (χ3v) is 3.33. The summed E-state index contributed by atoms with van der Waals surface area (Å²) in [7, 11) is 0. The van der Waals surface area contributed by atoms with Crippen LogP contribution in [0.4, 0.5) is 5.69 Å². The van der Waals surface area contributed by atoms with Crippen molar-refractivity contribution in [3.63, 3.8) is 0 Å². The lowest BCUT2D eigenvalue weighted by Gasteiger charge is -2.39. The first-order valence-corrected chi connectivity index (χ1v) is 6.25. The fourth-order valence-corrected chi connectivity index (χ4v) is 2.19. The Morgan fingerprint density at radius 3 is 2.39 bits per heavy atom. The molecule has 0 bridgehead atoms. The van der Waals surface area contributed by atoms with Gasteiger partial charge in [0.05, 0.1) is 5.92 Å². The molecule has 96 valence electrons. The van der Waals surface area contributed by atoms with Crippen molar-refractivity contribution in [3.05, 3.63) is 30.3 Å². The third kappa shape index (κ3) is 2.37. The van der Waals surface area contributed by atoms with Gasteiger partial charge in [-0.2, -0.15) is 0 Å². The van der Waals surface area contributed by atoms with E-state index in [1.165, 1.54) is 6.92 Å². The number of benzene rings is 1. The van der Waals surface area contributed by atoms with Crippen molar-refractivity contribution in [2.75, 3.05) is 24.5 Å². The SMILES string of the molecule is CCN(C(=O)C1CN(C(C)=O)C1)c1ccccc1. The van der Waals surface area contributed by atoms with Crippen LogP contribution in [0.25, 0.3) is 0 Å². The van der Waals surface area contributed by atoms with E-state index in [0.29, 0.717) is 19.6 Å². The summed E-state index contributed by atoms with van der Waals surface area (Å²) in [5.74, 6) is 0.108. The summed E-state index contributed by atoms with van der Waals surface area (Å²) >= 11 is 0. The highest BCUT2D eigenvalue weighted by molar-refractivity contribution is 5.96. The van der Waals surface area contributed by atoms with Gasteiger partial charge in [0.25, 0.3) is 0 Å². The minimum absolute atomic E-state index is 0.0433. The predicted molar refractivity (Wildman–Crippen MR) is 70.2 cm³/mol. The van der Waals surface area contributed by atoms with Gasteiger partial charge in [0, 0.05) is 32.2 Å². The smallest absolute Gasteiger partial charge is 0.233 e. The molecular formula is C14H18N2O2. The second-order valence-electron chi connectivity index (χ2n) is 4.54. The van der Waals surface area contributed by atoms with Gasteiger partial charge in [-0.3, -0.25) is 9.59 Å². The first-order chi connectivity index (χ1) is 8.63. The molecule has 1 heterocycles. The average molecular weight is 246 g/mol. The first-order valence-electron chi connectivity index (χ1n) is 6.25. The van der Waals surface area contributed by atoms with Gasteiger partial charge < -0.3 is 9.80 Å². The Morgan fingerprint density at radius 1 is 1.28 bits per heavy atom. The van der Waals surface area contributed by atoms with E-state index in [4.69, 9.17) is 0 Å². The van der Waals surface area contributed by atoms with E-state index in [2.05, 4.69) is 0 Å². The number of nitrogens with zero attached hydrogens (tertiary/aromatic N) is 2. The van der Waals surface area contributed by atoms with E-state index < -0.39 is 0 Å². The molecule has 0 atom stereocenters. The van der Waals surface area contributed by atoms with Crippen LogP contribution >= 0.6 is 0 Å². The van der Waals surface area contributed by atoms with Crippen LogP contribution in [-0.4, -0.2) is 36.3 Å². The molecule has 0 unspecified atom stereocenters. The zero-order valence-electron chi connectivity index (χ0n) is 10.8. The van der Waals surface area contributed by atoms with Crippen LogP contribution in [0, 0.1) is 5.92 Å². The molecule has 1 fully saturated rings. The molecule has 1 aliphatic rings. The van der Waals surface area contributed by atoms with Crippen LogP contribution < -0.4 is 4.90 Å². The average Bonchev–Trinajstić information content (AvgIpc) is 2.29. The Hall–Kier alpha value is -1.84. The van der Waals surface area contributed by atoms with Gasteiger partial charge in [0.1, 0.15) is 0 Å². The van der Waals surface area contributed by atoms with Crippen molar-refractivity contribution in [1.82, 2.24) is 4.90 Å². The second-order valence-corrected chi connectivity index (χ2v) is 4.54. The van der Waals surface area contributed by atoms with Crippen molar-refractivity contribution < 1.29 is 9.59 Å². The number of hydrogen-bond donors (Lipinski definition) is 0. The Bertz CT molecular complexity index is 438. The van der Waals surface area contributed by atoms with Crippen molar-refractivity contribution >= 4 is 17.5 Å². The van der Waals surface area contributed by atoms with Crippen molar-refractivity contribution in [2.45, 2.75) is 13.8 Å². The maximum Gasteiger partial charge on any atom is 0.233 e. The molecule has 1 aliphatic heterocycles. The molecule has 2 rings (SSSR count). The highest BCUT2D eigenvalue weighted by Gasteiger charge is 2.36. The van der Waals surface area contributed by atoms with Crippen LogP contribution in [0.5, 0.6) is 0 Å². The van der Waals surface area contributed by atoms with Crippen LogP contribution in [0.1, 0.15) is 13.8 Å². The van der Waals surface area contributed by atoms with Crippen LogP contribution in [0.2, 0.25) is 0 Å². The van der Waals surface area contributed by atoms with E-state index in [1.54, 1.807) is 9.80 Å². The Balaban J connectivity index is 2.02. The number of rotatable bonds is 3. The normalized spacial score (nSPS) is 15.1. The van der Waals surface area contributed by atoms with Gasteiger partial charge in [-0.15, -0.1) is 0 Å². The molecule has 1 aromatic rings. The zero-order chi connectivity index (χ0) is 13.1. The predicted octanol–water partition coefficient (Wildman–Crippen LogP) is 1.52. The summed E-state index contributed by atoms with van der Waals surface area (Å²) in [6.45, 7) is 5.26. The van der Waals surface area contributed by atoms with E-state index in [1.807, 2.05) is 37.3 Å². The van der Waals surface area contributed by atoms with Crippen LogP contribution in [-0.2, 0) is 9.59 Å². The largest absolute Gasteiger partial charge is 0.341 e. The number of carbonyl (C=O) groups excluding carboxylic acids is 2. The minimum atomic E-state index is -0.0472. The number of para-hydroxylation sites is 1. The van der Waals surface area contributed by atoms with Crippen LogP contribution in [0.3, 0.4) is 0 Å². The summed E-state index contributed by atoms with van der Waals surface area (Å²) in [5.41, 5.74) is 0.922. The lowest BCUT2D eigenvalue weighted by molar-refractivity contribution is -0.140. The lowest BCUT2D eigenvalue weighted by atomic mass is 9.98. The summed E-state index contributed by atoms with van der Waals surface area (Å²) in [4.78, 5) is 26.9. The van der Waals surface area contributed by atoms with Gasteiger partial charge >= 0.3 is 0 Å². The molecule has 4 heteroatoms. The van der Waals surface area contributed by atoms with Gasteiger partial charge in [-0.05, 0) is 19.1 Å². The molecule has 0 aliphatic carbocycles. The molecule has 1 saturated heterocycles. The molecular weight excluding hydrogens is 228 g/mol. The number of anilines is 1. The van der Waals surface area contributed by atoms with E-state index in [9.17, 15) is 9.59 Å². The first kappa shape index (κ1) is 12.6. The van der Waals surface area contributed by atoms with E-state index >= 15 is 0 Å². The molecule has 0 radical (unpaired) electrons. The Kier molecular flexibility index (Phi) is 3.65. The van der Waals surface area contributed by atoms with Crippen molar-refractivity contribution in [1.29, 1.82) is 0 Å². The van der Waals surface area contributed by atoms with Crippen LogP contribution in [0.15, 0.2) is 30.3 Å². The number of likely N-dealkylation sites (tertiary alicyclic amines) is 1. The molecule has 18 heavy (non-hydrogen) atoms. The standard InChI is InChI=1S/C14H18N2O2/c1-3-16(13-7-5-4-6-8-13)14(18)12-9-15(10-12)11(2)17/h4-8,12H,3,9-10H2,1-2H3. The molecule has 0 aromatic heterocycles.